The van der Waals surface area contributed by atoms with Crippen LogP contribution in [0.3, 0.4) is 0 Å². The molecule has 0 aliphatic heterocycles. The Kier molecular flexibility index (Phi) is 12.8. The van der Waals surface area contributed by atoms with Crippen molar-refractivity contribution in [3.05, 3.63) is 112 Å². The first kappa shape index (κ1) is 34.9. The van der Waals surface area contributed by atoms with Gasteiger partial charge in [-0.15, -0.1) is 6.92 Å². The minimum absolute atomic E-state index is 0. The first-order valence-electron chi connectivity index (χ1n) is 11.6. The van der Waals surface area contributed by atoms with Crippen molar-refractivity contribution in [3.8, 4) is 0 Å². The fraction of sp³-hybridized carbons (Fsp3) is 0.290. The second-order valence-corrected chi connectivity index (χ2v) is 14.2. The summed E-state index contributed by atoms with van der Waals surface area (Å²) in [5.74, 6) is 0. The van der Waals surface area contributed by atoms with Gasteiger partial charge in [-0.1, -0.05) is 115 Å². The van der Waals surface area contributed by atoms with E-state index >= 15 is 0 Å². The quantitative estimate of drug-likeness (QED) is 0.176. The molecule has 0 amide bonds. The van der Waals surface area contributed by atoms with Gasteiger partial charge in [-0.2, -0.15) is 11.1 Å². The molecule has 188 valence electrons. The van der Waals surface area contributed by atoms with Crippen LogP contribution >= 0.6 is 0 Å². The number of rotatable bonds is 4. The standard InChI is InChI=1S/C31H35Si.3ClH.Ti/c1-21-14-22(2)17-29(16-21)32(28-12-10-9-11-13-28,30-18-23(3)15-24(4)19-30)31(8)20-25(5)26(6)27(31)7;;;;/h9-19H,1-8H3;3*1H;/q-1;;;;+4/p-3. The molecule has 1 aliphatic rings. The summed E-state index contributed by atoms with van der Waals surface area (Å²) in [6.07, 6.45) is 4.05. The molecule has 1 unspecified atom stereocenters. The maximum atomic E-state index is 4.05. The van der Waals surface area contributed by atoms with Gasteiger partial charge in [0.25, 0.3) is 0 Å². The van der Waals surface area contributed by atoms with Crippen molar-refractivity contribution in [1.82, 2.24) is 0 Å². The normalized spacial score (nSPS) is 16.7. The molecule has 0 fully saturated rings. The Balaban J connectivity index is 0.00000306. The zero-order valence-corrected chi connectivity index (χ0v) is 27.3. The summed E-state index contributed by atoms with van der Waals surface area (Å²) in [6.45, 7) is 18.2. The topological polar surface area (TPSA) is 0 Å². The number of aryl methyl sites for hydroxylation is 4. The Hall–Kier alpha value is -1.06. The Bertz CT molecular complexity index is 1170. The van der Waals surface area contributed by atoms with Crippen LogP contribution in [0.25, 0.3) is 0 Å². The third-order valence-electron chi connectivity index (χ3n) is 7.58. The van der Waals surface area contributed by atoms with Crippen LogP contribution in [0, 0.1) is 33.8 Å². The number of hydrogen-bond donors (Lipinski definition) is 0. The first-order valence-corrected chi connectivity index (χ1v) is 13.6. The minimum Gasteiger partial charge on any atom is -1.00 e. The van der Waals surface area contributed by atoms with E-state index in [1.165, 1.54) is 54.5 Å². The fourth-order valence-electron chi connectivity index (χ4n) is 6.03. The van der Waals surface area contributed by atoms with E-state index in [1.807, 2.05) is 0 Å². The Morgan fingerprint density at radius 2 is 0.972 bits per heavy atom. The van der Waals surface area contributed by atoms with Gasteiger partial charge in [0, 0.05) is 0 Å². The molecule has 5 heteroatoms. The minimum atomic E-state index is -2.58. The van der Waals surface area contributed by atoms with Gasteiger partial charge in [-0.3, -0.25) is 6.08 Å². The summed E-state index contributed by atoms with van der Waals surface area (Å²) < 4.78 is 0. The van der Waals surface area contributed by atoms with E-state index in [4.69, 9.17) is 0 Å². The van der Waals surface area contributed by atoms with Crippen molar-refractivity contribution >= 4 is 23.6 Å². The molecule has 36 heavy (non-hydrogen) atoms. The monoisotopic (exact) mass is 588 g/mol. The molecule has 0 radical (unpaired) electrons. The van der Waals surface area contributed by atoms with Gasteiger partial charge in [0.2, 0.25) is 0 Å². The zero-order chi connectivity index (χ0) is 23.3. The van der Waals surface area contributed by atoms with E-state index in [0.717, 1.165) is 0 Å². The van der Waals surface area contributed by atoms with Crippen molar-refractivity contribution in [2.75, 3.05) is 0 Å². The van der Waals surface area contributed by atoms with Crippen molar-refractivity contribution in [2.45, 2.75) is 60.4 Å². The van der Waals surface area contributed by atoms with Crippen LogP contribution in [0.2, 0.25) is 5.04 Å². The Morgan fingerprint density at radius 3 is 1.31 bits per heavy atom. The first-order chi connectivity index (χ1) is 15.1. The van der Waals surface area contributed by atoms with E-state index in [1.54, 1.807) is 0 Å². The van der Waals surface area contributed by atoms with Gasteiger partial charge in [-0.25, -0.2) is 5.57 Å². The molecule has 0 N–H and O–H groups in total. The molecule has 3 aromatic carbocycles. The van der Waals surface area contributed by atoms with Crippen LogP contribution in [0.5, 0.6) is 0 Å². The maximum Gasteiger partial charge on any atom is 4.00 e. The molecule has 0 spiro atoms. The predicted octanol–water partition coefficient (Wildman–Crippen LogP) is -2.74. The fourth-order valence-corrected chi connectivity index (χ4v) is 12.4. The molecule has 4 rings (SSSR count). The van der Waals surface area contributed by atoms with E-state index in [0.29, 0.717) is 0 Å². The van der Waals surface area contributed by atoms with Gasteiger partial charge in [0.05, 0.1) is 0 Å². The summed E-state index contributed by atoms with van der Waals surface area (Å²) >= 11 is 0. The second kappa shape index (κ2) is 13.1. The van der Waals surface area contributed by atoms with E-state index < -0.39 is 8.07 Å². The maximum absolute atomic E-state index is 4.05. The van der Waals surface area contributed by atoms with Crippen LogP contribution in [0.15, 0.2) is 83.4 Å². The zero-order valence-electron chi connectivity index (χ0n) is 22.5. The predicted molar refractivity (Wildman–Crippen MR) is 142 cm³/mol. The smallest absolute Gasteiger partial charge is 1.00 e. The summed E-state index contributed by atoms with van der Waals surface area (Å²) in [5.41, 5.74) is 9.48. The average molecular weight is 590 g/mol. The van der Waals surface area contributed by atoms with Crippen LogP contribution < -0.4 is 52.8 Å². The van der Waals surface area contributed by atoms with Crippen molar-refractivity contribution in [1.29, 1.82) is 0 Å². The average Bonchev–Trinajstić information content (AvgIpc) is 2.91. The van der Waals surface area contributed by atoms with Gasteiger partial charge < -0.3 is 37.2 Å². The molecule has 0 saturated carbocycles. The molecular formula is C31H35Cl3SiTi. The van der Waals surface area contributed by atoms with Gasteiger partial charge in [0.1, 0.15) is 8.07 Å². The van der Waals surface area contributed by atoms with Gasteiger partial charge in [-0.05, 0) is 43.3 Å². The van der Waals surface area contributed by atoms with Crippen molar-refractivity contribution < 1.29 is 58.9 Å². The molecule has 0 bridgehead atoms. The van der Waals surface area contributed by atoms with Gasteiger partial charge >= 0.3 is 21.7 Å². The molecule has 3 aromatic rings. The molecule has 0 nitrogen and oxygen atoms in total. The third kappa shape index (κ3) is 5.68. The Morgan fingerprint density at radius 1 is 0.583 bits per heavy atom. The number of hydrogen-bond acceptors (Lipinski definition) is 0. The van der Waals surface area contributed by atoms with Crippen molar-refractivity contribution in [2.24, 2.45) is 0 Å². The van der Waals surface area contributed by atoms with Gasteiger partial charge in [0.15, 0.2) is 0 Å². The van der Waals surface area contributed by atoms with E-state index in [9.17, 15) is 0 Å². The van der Waals surface area contributed by atoms with Crippen LogP contribution in [-0.2, 0) is 21.7 Å². The molecule has 0 saturated heterocycles. The summed E-state index contributed by atoms with van der Waals surface area (Å²) in [5, 5.41) is 4.22. The molecule has 0 heterocycles. The molecule has 1 aliphatic carbocycles. The molecular weight excluding hydrogens is 555 g/mol. The summed E-state index contributed by atoms with van der Waals surface area (Å²) in [7, 11) is -2.58. The largest absolute Gasteiger partial charge is 4.00 e. The summed E-state index contributed by atoms with van der Waals surface area (Å²) in [6, 6.07) is 25.7. The molecule has 0 aromatic heterocycles. The van der Waals surface area contributed by atoms with Crippen molar-refractivity contribution in [3.63, 3.8) is 0 Å². The molecule has 1 atom stereocenters. The number of allylic oxidation sites excluding steroid dienone is 4. The second-order valence-electron chi connectivity index (χ2n) is 9.99. The van der Waals surface area contributed by atoms with Crippen LogP contribution in [0.4, 0.5) is 0 Å². The summed E-state index contributed by atoms with van der Waals surface area (Å²) in [4.78, 5) is 0. The van der Waals surface area contributed by atoms with Crippen LogP contribution in [-0.4, -0.2) is 8.07 Å². The number of benzene rings is 3. The Labute approximate surface area is 253 Å². The van der Waals surface area contributed by atoms with Crippen LogP contribution in [0.1, 0.15) is 49.9 Å². The third-order valence-corrected chi connectivity index (χ3v) is 13.1. The number of halogens is 3. The SMILES string of the molecule is CC1=[C-]C(C)([Si](c2ccccc2)(c2cc(C)cc(C)c2)c2cc(C)cc(C)c2)C(C)=C1C.[Cl-].[Cl-].[Cl-].[Ti+4]. The van der Waals surface area contributed by atoms with E-state index in [2.05, 4.69) is 128 Å². The van der Waals surface area contributed by atoms with E-state index in [-0.39, 0.29) is 64.0 Å².